The van der Waals surface area contributed by atoms with Crippen molar-refractivity contribution in [3.63, 3.8) is 0 Å². The Labute approximate surface area is 200 Å². The van der Waals surface area contributed by atoms with Crippen LogP contribution in [0.15, 0.2) is 42.0 Å². The molecule has 35 heavy (non-hydrogen) atoms. The second-order valence-electron chi connectivity index (χ2n) is 7.59. The Morgan fingerprint density at radius 1 is 0.686 bits per heavy atom. The van der Waals surface area contributed by atoms with Crippen molar-refractivity contribution in [3.05, 3.63) is 87.2 Å². The van der Waals surface area contributed by atoms with Crippen molar-refractivity contribution < 1.29 is 31.5 Å². The predicted molar refractivity (Wildman–Crippen MR) is 121 cm³/mol. The van der Waals surface area contributed by atoms with Crippen molar-refractivity contribution in [3.8, 4) is 10.6 Å². The van der Waals surface area contributed by atoms with Crippen molar-refractivity contribution in [2.45, 2.75) is 0 Å². The molecule has 0 unspecified atom stereocenters. The number of rotatable bonds is 2. The zero-order valence-corrected chi connectivity index (χ0v) is 18.6. The molecule has 0 aliphatic heterocycles. The van der Waals surface area contributed by atoms with Gasteiger partial charge in [0.25, 0.3) is 0 Å². The van der Waals surface area contributed by atoms with E-state index in [0.29, 0.717) is 11.3 Å². The maximum atomic E-state index is 14.1. The minimum Gasteiger partial charge on any atom is -0.288 e. The van der Waals surface area contributed by atoms with E-state index in [4.69, 9.17) is 0 Å². The van der Waals surface area contributed by atoms with Crippen LogP contribution in [-0.2, 0) is 0 Å². The van der Waals surface area contributed by atoms with Crippen LogP contribution in [0.3, 0.4) is 0 Å². The van der Waals surface area contributed by atoms with E-state index in [9.17, 15) is 31.5 Å². The lowest BCUT2D eigenvalue weighted by atomic mass is 10.0. The number of allylic oxidation sites excluding steroid dienone is 1. The molecule has 2 heterocycles. The maximum Gasteiger partial charge on any atom is 0.200 e. The van der Waals surface area contributed by atoms with Crippen LogP contribution in [0.4, 0.5) is 22.0 Å². The molecule has 1 aliphatic carbocycles. The first-order chi connectivity index (χ1) is 16.7. The fourth-order valence-electron chi connectivity index (χ4n) is 3.88. The van der Waals surface area contributed by atoms with E-state index in [1.807, 2.05) is 24.3 Å². The predicted octanol–water partition coefficient (Wildman–Crippen LogP) is 6.73. The molecule has 0 fully saturated rings. The third-order valence-electron chi connectivity index (χ3n) is 5.55. The van der Waals surface area contributed by atoms with Crippen LogP contribution < -0.4 is 0 Å². The van der Waals surface area contributed by atoms with Crippen LogP contribution in [-0.4, -0.2) is 21.5 Å². The van der Waals surface area contributed by atoms with E-state index in [1.165, 1.54) is 6.08 Å². The van der Waals surface area contributed by atoms with Crippen LogP contribution in [0, 0.1) is 29.1 Å². The van der Waals surface area contributed by atoms with Gasteiger partial charge in [0.15, 0.2) is 44.5 Å². The van der Waals surface area contributed by atoms with Gasteiger partial charge in [0.1, 0.15) is 10.0 Å². The number of thiazole rings is 2. The fourth-order valence-corrected chi connectivity index (χ4v) is 5.91. The van der Waals surface area contributed by atoms with E-state index >= 15 is 0 Å². The Kier molecular flexibility index (Phi) is 4.70. The molecule has 0 bridgehead atoms. The van der Waals surface area contributed by atoms with Gasteiger partial charge in [-0.2, -0.15) is 0 Å². The van der Waals surface area contributed by atoms with Gasteiger partial charge in [-0.05, 0) is 29.0 Å². The molecule has 0 N–H and O–H groups in total. The summed E-state index contributed by atoms with van der Waals surface area (Å²) in [6.07, 6.45) is 1.31. The van der Waals surface area contributed by atoms with Crippen LogP contribution in [0.2, 0.25) is 0 Å². The van der Waals surface area contributed by atoms with E-state index in [2.05, 4.69) is 9.97 Å². The lowest BCUT2D eigenvalue weighted by Crippen LogP contribution is -2.03. The lowest BCUT2D eigenvalue weighted by molar-refractivity contribution is 0.0990. The topological polar surface area (TPSA) is 59.9 Å². The van der Waals surface area contributed by atoms with Crippen molar-refractivity contribution >= 4 is 60.7 Å². The monoisotopic (exact) mass is 514 g/mol. The van der Waals surface area contributed by atoms with Crippen LogP contribution in [0.5, 0.6) is 0 Å². The molecule has 4 nitrogen and oxygen atoms in total. The number of Topliss-reactive ketones (excluding diaryl/α,β-unsaturated/α-hetero) is 2. The summed E-state index contributed by atoms with van der Waals surface area (Å²) in [5, 5.41) is 1.43. The van der Waals surface area contributed by atoms with Gasteiger partial charge in [0.05, 0.1) is 11.1 Å². The molecule has 0 radical (unpaired) electrons. The number of benzene rings is 3. The number of halogens is 5. The molecule has 0 amide bonds. The second kappa shape index (κ2) is 7.59. The first-order valence-electron chi connectivity index (χ1n) is 9.87. The highest BCUT2D eigenvalue weighted by Gasteiger charge is 2.34. The molecule has 0 saturated heterocycles. The minimum atomic E-state index is -2.26. The van der Waals surface area contributed by atoms with Gasteiger partial charge in [-0.25, -0.2) is 31.9 Å². The summed E-state index contributed by atoms with van der Waals surface area (Å²) in [4.78, 5) is 34.3. The maximum absolute atomic E-state index is 14.1. The second-order valence-corrected chi connectivity index (χ2v) is 9.57. The summed E-state index contributed by atoms with van der Waals surface area (Å²) in [6, 6.07) is 10.6. The molecule has 1 aliphatic rings. The van der Waals surface area contributed by atoms with Crippen molar-refractivity contribution in [2.75, 3.05) is 0 Å². The Morgan fingerprint density at radius 3 is 1.74 bits per heavy atom. The van der Waals surface area contributed by atoms with Gasteiger partial charge in [0, 0.05) is 11.1 Å². The summed E-state index contributed by atoms with van der Waals surface area (Å²) in [5.41, 5.74) is -0.660. The molecule has 3 aromatic carbocycles. The third kappa shape index (κ3) is 3.15. The van der Waals surface area contributed by atoms with Crippen LogP contribution in [0.1, 0.15) is 25.7 Å². The zero-order valence-electron chi connectivity index (χ0n) is 17.0. The van der Waals surface area contributed by atoms with E-state index in [-0.39, 0.29) is 31.4 Å². The summed E-state index contributed by atoms with van der Waals surface area (Å²) in [5.74, 6) is -11.3. The van der Waals surface area contributed by atoms with Gasteiger partial charge < -0.3 is 0 Å². The average molecular weight is 514 g/mol. The number of fused-ring (bicyclic) bond motifs is 3. The number of carbonyl (C=O) groups excluding carboxylic acids is 2. The third-order valence-corrected chi connectivity index (χ3v) is 7.54. The summed E-state index contributed by atoms with van der Waals surface area (Å²) >= 11 is 1.53. The molecule has 11 heteroatoms. The van der Waals surface area contributed by atoms with E-state index in [1.54, 1.807) is 12.1 Å². The minimum absolute atomic E-state index is 0.0864. The quantitative estimate of drug-likeness (QED) is 0.0862. The molecule has 5 aromatic rings. The van der Waals surface area contributed by atoms with E-state index in [0.717, 1.165) is 22.1 Å². The fraction of sp³-hybridized carbons (Fsp3) is 0. The molecule has 2 aromatic heterocycles. The Balaban J connectivity index is 1.40. The number of nitrogens with zero attached hydrogens (tertiary/aromatic N) is 2. The number of carbonyl (C=O) groups is 2. The molecular weight excluding hydrogens is 507 g/mol. The van der Waals surface area contributed by atoms with Gasteiger partial charge in [-0.15, -0.1) is 0 Å². The summed E-state index contributed by atoms with van der Waals surface area (Å²) < 4.78 is 68.7. The first-order valence-corrected chi connectivity index (χ1v) is 11.5. The van der Waals surface area contributed by atoms with Gasteiger partial charge >= 0.3 is 0 Å². The van der Waals surface area contributed by atoms with Crippen molar-refractivity contribution in [2.24, 2.45) is 0 Å². The number of ketones is 2. The lowest BCUT2D eigenvalue weighted by Gasteiger charge is -2.05. The number of aromatic nitrogens is 2. The normalized spacial score (nSPS) is 13.3. The van der Waals surface area contributed by atoms with Crippen molar-refractivity contribution in [1.29, 1.82) is 0 Å². The molecular formula is C24H7F5N2O2S2. The summed E-state index contributed by atoms with van der Waals surface area (Å²) in [7, 11) is 0. The Hall–Kier alpha value is -3.83. The molecule has 0 spiro atoms. The Bertz CT molecular complexity index is 1690. The van der Waals surface area contributed by atoms with E-state index < -0.39 is 51.2 Å². The van der Waals surface area contributed by atoms with Crippen LogP contribution in [0.25, 0.3) is 37.1 Å². The van der Waals surface area contributed by atoms with Gasteiger partial charge in [0.2, 0.25) is 5.82 Å². The smallest absolute Gasteiger partial charge is 0.200 e. The summed E-state index contributed by atoms with van der Waals surface area (Å²) in [6.45, 7) is 0. The number of hydrogen-bond donors (Lipinski definition) is 0. The molecule has 0 atom stereocenters. The highest BCUT2D eigenvalue weighted by Crippen LogP contribution is 2.39. The zero-order chi connectivity index (χ0) is 24.6. The first kappa shape index (κ1) is 21.7. The van der Waals surface area contributed by atoms with Crippen molar-refractivity contribution in [1.82, 2.24) is 9.97 Å². The Morgan fingerprint density at radius 2 is 1.20 bits per heavy atom. The van der Waals surface area contributed by atoms with Gasteiger partial charge in [-0.1, -0.05) is 46.9 Å². The molecule has 0 saturated carbocycles. The highest BCUT2D eigenvalue weighted by molar-refractivity contribution is 7.28. The molecule has 6 rings (SSSR count). The molecule has 172 valence electrons. The SMILES string of the molecule is O=C1C(=Cc2nc3sc(-c4c(F)c(F)c(F)c(F)c4F)nc3s2)C(=O)c2cc3ccccc3cc21. The number of hydrogen-bond acceptors (Lipinski definition) is 6. The highest BCUT2D eigenvalue weighted by atomic mass is 32.1. The standard InChI is InChI=1S/C24H7F5N2O2S2/c25-15-14(16(26)18(28)19(29)17(15)27)22-31-24-23(35-22)30-13(34-24)7-12-20(32)10-5-8-3-1-2-4-9(8)6-11(10)21(12)33/h1-7H. The van der Waals surface area contributed by atoms with Gasteiger partial charge in [-0.3, -0.25) is 9.59 Å². The average Bonchev–Trinajstić information content (AvgIpc) is 3.48. The largest absolute Gasteiger partial charge is 0.288 e. The van der Waals surface area contributed by atoms with Crippen LogP contribution >= 0.6 is 22.7 Å².